The molecule has 0 aromatic heterocycles. The summed E-state index contributed by atoms with van der Waals surface area (Å²) in [7, 11) is 1.56. The smallest absolute Gasteiger partial charge is 0.267 e. The summed E-state index contributed by atoms with van der Waals surface area (Å²) >= 11 is 0. The highest BCUT2D eigenvalue weighted by Crippen LogP contribution is 2.31. The minimum atomic E-state index is -1.10. The molecule has 3 rings (SSSR count). The van der Waals surface area contributed by atoms with E-state index < -0.39 is 5.60 Å². The fraction of sp³-hybridized carbons (Fsp3) is 0.364. The SMILES string of the molecule is COc1ccccc1OC(C)(C)C(=O)Nc1ccc(N2C(=O)CCC2C)cc1. The Hall–Kier alpha value is -3.02. The van der Waals surface area contributed by atoms with Crippen LogP contribution in [0.5, 0.6) is 11.5 Å². The maximum Gasteiger partial charge on any atom is 0.267 e. The molecular formula is C22H26N2O4. The third-order valence-corrected chi connectivity index (χ3v) is 4.87. The van der Waals surface area contributed by atoms with Crippen LogP contribution in [0.2, 0.25) is 0 Å². The van der Waals surface area contributed by atoms with E-state index in [-0.39, 0.29) is 17.9 Å². The number of carbonyl (C=O) groups is 2. The molecule has 0 aliphatic carbocycles. The average Bonchev–Trinajstić information content (AvgIpc) is 3.01. The van der Waals surface area contributed by atoms with Crippen molar-refractivity contribution in [2.24, 2.45) is 0 Å². The number of nitrogens with zero attached hydrogens (tertiary/aromatic N) is 1. The van der Waals surface area contributed by atoms with E-state index in [0.717, 1.165) is 12.1 Å². The van der Waals surface area contributed by atoms with Crippen LogP contribution in [0, 0.1) is 0 Å². The first-order valence-corrected chi connectivity index (χ1v) is 9.37. The molecule has 6 nitrogen and oxygen atoms in total. The Morgan fingerprint density at radius 2 is 1.75 bits per heavy atom. The molecule has 0 radical (unpaired) electrons. The van der Waals surface area contributed by atoms with Gasteiger partial charge in [-0.05, 0) is 63.6 Å². The minimum absolute atomic E-state index is 0.135. The van der Waals surface area contributed by atoms with Crippen molar-refractivity contribution in [2.75, 3.05) is 17.3 Å². The largest absolute Gasteiger partial charge is 0.493 e. The summed E-state index contributed by atoms with van der Waals surface area (Å²) in [6.45, 7) is 5.44. The first-order chi connectivity index (χ1) is 13.3. The van der Waals surface area contributed by atoms with Crippen LogP contribution in [-0.2, 0) is 9.59 Å². The number of anilines is 2. The summed E-state index contributed by atoms with van der Waals surface area (Å²) in [5.74, 6) is 0.923. The average molecular weight is 382 g/mol. The van der Waals surface area contributed by atoms with Crippen molar-refractivity contribution >= 4 is 23.2 Å². The molecule has 1 atom stereocenters. The second-order valence-corrected chi connectivity index (χ2v) is 7.42. The van der Waals surface area contributed by atoms with Crippen molar-refractivity contribution in [3.8, 4) is 11.5 Å². The molecule has 1 N–H and O–H groups in total. The second kappa shape index (κ2) is 7.92. The molecule has 28 heavy (non-hydrogen) atoms. The molecule has 6 heteroatoms. The zero-order valence-electron chi connectivity index (χ0n) is 16.7. The molecule has 2 aromatic carbocycles. The van der Waals surface area contributed by atoms with Gasteiger partial charge in [0.2, 0.25) is 5.91 Å². The zero-order valence-corrected chi connectivity index (χ0v) is 16.7. The normalized spacial score (nSPS) is 16.8. The van der Waals surface area contributed by atoms with Crippen LogP contribution in [-0.4, -0.2) is 30.6 Å². The van der Waals surface area contributed by atoms with E-state index in [1.165, 1.54) is 0 Å². The summed E-state index contributed by atoms with van der Waals surface area (Å²) in [5.41, 5.74) is 0.384. The number of rotatable bonds is 6. The van der Waals surface area contributed by atoms with Crippen LogP contribution in [0.4, 0.5) is 11.4 Å². The Morgan fingerprint density at radius 3 is 2.32 bits per heavy atom. The molecule has 2 amide bonds. The van der Waals surface area contributed by atoms with Crippen LogP contribution in [0.15, 0.2) is 48.5 Å². The monoisotopic (exact) mass is 382 g/mol. The van der Waals surface area contributed by atoms with E-state index in [1.54, 1.807) is 50.1 Å². The quantitative estimate of drug-likeness (QED) is 0.820. The summed E-state index contributed by atoms with van der Waals surface area (Å²) < 4.78 is 11.2. The van der Waals surface area contributed by atoms with Gasteiger partial charge in [-0.1, -0.05) is 12.1 Å². The lowest BCUT2D eigenvalue weighted by molar-refractivity contribution is -0.128. The summed E-state index contributed by atoms with van der Waals surface area (Å²) in [4.78, 5) is 26.6. The molecular weight excluding hydrogens is 356 g/mol. The van der Waals surface area contributed by atoms with Gasteiger partial charge in [0, 0.05) is 23.8 Å². The highest BCUT2D eigenvalue weighted by molar-refractivity contribution is 5.98. The summed E-state index contributed by atoms with van der Waals surface area (Å²) in [6.07, 6.45) is 1.44. The lowest BCUT2D eigenvalue weighted by atomic mass is 10.1. The van der Waals surface area contributed by atoms with E-state index in [2.05, 4.69) is 5.32 Å². The van der Waals surface area contributed by atoms with Crippen molar-refractivity contribution in [1.82, 2.24) is 0 Å². The molecule has 0 saturated carbocycles. The lowest BCUT2D eigenvalue weighted by Gasteiger charge is -2.26. The Balaban J connectivity index is 1.69. The number of carbonyl (C=O) groups excluding carboxylic acids is 2. The molecule has 2 aromatic rings. The molecule has 1 aliphatic heterocycles. The number of ether oxygens (including phenoxy) is 2. The third-order valence-electron chi connectivity index (χ3n) is 4.87. The molecule has 1 heterocycles. The third kappa shape index (κ3) is 4.11. The highest BCUT2D eigenvalue weighted by atomic mass is 16.5. The van der Waals surface area contributed by atoms with Gasteiger partial charge in [-0.3, -0.25) is 9.59 Å². The van der Waals surface area contributed by atoms with Gasteiger partial charge in [-0.2, -0.15) is 0 Å². The maximum atomic E-state index is 12.7. The number of para-hydroxylation sites is 2. The first kappa shape index (κ1) is 19.7. The van der Waals surface area contributed by atoms with E-state index >= 15 is 0 Å². The van der Waals surface area contributed by atoms with Crippen molar-refractivity contribution in [1.29, 1.82) is 0 Å². The van der Waals surface area contributed by atoms with Gasteiger partial charge in [-0.25, -0.2) is 0 Å². The molecule has 0 spiro atoms. The topological polar surface area (TPSA) is 67.9 Å². The van der Waals surface area contributed by atoms with Gasteiger partial charge in [0.1, 0.15) is 0 Å². The van der Waals surface area contributed by atoms with E-state index in [4.69, 9.17) is 9.47 Å². The number of methoxy groups -OCH3 is 1. The number of hydrogen-bond donors (Lipinski definition) is 1. The number of nitrogens with one attached hydrogen (secondary N) is 1. The Bertz CT molecular complexity index is 861. The molecule has 148 valence electrons. The Labute approximate surface area is 165 Å². The number of benzene rings is 2. The predicted molar refractivity (Wildman–Crippen MR) is 109 cm³/mol. The predicted octanol–water partition coefficient (Wildman–Crippen LogP) is 4.01. The van der Waals surface area contributed by atoms with Gasteiger partial charge in [0.15, 0.2) is 17.1 Å². The fourth-order valence-electron chi connectivity index (χ4n) is 3.24. The van der Waals surface area contributed by atoms with Crippen LogP contribution in [0.1, 0.15) is 33.6 Å². The molecule has 0 bridgehead atoms. The first-order valence-electron chi connectivity index (χ1n) is 9.37. The van der Waals surface area contributed by atoms with Crippen molar-refractivity contribution in [3.05, 3.63) is 48.5 Å². The van der Waals surface area contributed by atoms with Crippen molar-refractivity contribution in [2.45, 2.75) is 45.3 Å². The van der Waals surface area contributed by atoms with Crippen LogP contribution in [0.3, 0.4) is 0 Å². The van der Waals surface area contributed by atoms with Gasteiger partial charge >= 0.3 is 0 Å². The van der Waals surface area contributed by atoms with Gasteiger partial charge < -0.3 is 19.7 Å². The summed E-state index contributed by atoms with van der Waals surface area (Å²) in [5, 5.41) is 2.87. The lowest BCUT2D eigenvalue weighted by Crippen LogP contribution is -2.42. The van der Waals surface area contributed by atoms with E-state index in [1.807, 2.05) is 31.2 Å². The molecule has 1 fully saturated rings. The van der Waals surface area contributed by atoms with E-state index in [9.17, 15) is 9.59 Å². The molecule has 1 aliphatic rings. The van der Waals surface area contributed by atoms with Crippen LogP contribution < -0.4 is 19.7 Å². The van der Waals surface area contributed by atoms with Crippen LogP contribution in [0.25, 0.3) is 0 Å². The fourth-order valence-corrected chi connectivity index (χ4v) is 3.24. The highest BCUT2D eigenvalue weighted by Gasteiger charge is 2.32. The zero-order chi connectivity index (χ0) is 20.3. The van der Waals surface area contributed by atoms with Crippen molar-refractivity contribution < 1.29 is 19.1 Å². The molecule has 1 unspecified atom stereocenters. The Morgan fingerprint density at radius 1 is 1.11 bits per heavy atom. The summed E-state index contributed by atoms with van der Waals surface area (Å²) in [6, 6.07) is 14.7. The van der Waals surface area contributed by atoms with E-state index in [0.29, 0.717) is 23.6 Å². The number of hydrogen-bond acceptors (Lipinski definition) is 4. The maximum absolute atomic E-state index is 12.7. The van der Waals surface area contributed by atoms with Crippen molar-refractivity contribution in [3.63, 3.8) is 0 Å². The second-order valence-electron chi connectivity index (χ2n) is 7.42. The molecule has 1 saturated heterocycles. The van der Waals surface area contributed by atoms with Crippen LogP contribution >= 0.6 is 0 Å². The number of amides is 2. The van der Waals surface area contributed by atoms with Gasteiger partial charge in [0.05, 0.1) is 7.11 Å². The standard InChI is InChI=1S/C22H26N2O4/c1-15-9-14-20(25)24(15)17-12-10-16(11-13-17)23-21(26)22(2,3)28-19-8-6-5-7-18(19)27-4/h5-8,10-13,15H,9,14H2,1-4H3,(H,23,26). The Kier molecular flexibility index (Phi) is 5.58. The van der Waals surface area contributed by atoms with Gasteiger partial charge in [0.25, 0.3) is 5.91 Å². The minimum Gasteiger partial charge on any atom is -0.493 e. The van der Waals surface area contributed by atoms with Gasteiger partial charge in [-0.15, -0.1) is 0 Å².